The van der Waals surface area contributed by atoms with Crippen LogP contribution in [0, 0.1) is 0 Å². The van der Waals surface area contributed by atoms with Crippen LogP contribution in [0.25, 0.3) is 0 Å². The lowest BCUT2D eigenvalue weighted by molar-refractivity contribution is 0.0722. The van der Waals surface area contributed by atoms with Gasteiger partial charge in [0.15, 0.2) is 5.13 Å². The minimum Gasteiger partial charge on any atom is -0.383 e. The highest BCUT2D eigenvalue weighted by atomic mass is 32.1. The Bertz CT molecular complexity index is 420. The van der Waals surface area contributed by atoms with Crippen LogP contribution >= 0.6 is 11.3 Å². The lowest BCUT2D eigenvalue weighted by Crippen LogP contribution is -2.36. The fraction of sp³-hybridized carbons (Fsp3) is 0.667. The molecule has 6 nitrogen and oxygen atoms in total. The Balaban J connectivity index is 2.80. The molecule has 108 valence electrons. The predicted molar refractivity (Wildman–Crippen MR) is 78.7 cm³/mol. The maximum Gasteiger partial charge on any atom is 0.268 e. The molecule has 0 saturated carbocycles. The Hall–Kier alpha value is -1.34. The molecule has 0 unspecified atom stereocenters. The summed E-state index contributed by atoms with van der Waals surface area (Å²) >= 11 is 1.29. The molecule has 0 spiro atoms. The summed E-state index contributed by atoms with van der Waals surface area (Å²) in [6, 6.07) is 0.143. The second-order valence-electron chi connectivity index (χ2n) is 4.34. The first kappa shape index (κ1) is 15.7. The number of carbonyl (C=O) groups is 1. The number of hydrogen-bond acceptors (Lipinski definition) is 6. The number of carbonyl (C=O) groups excluding carboxylic acids is 1. The molecule has 0 aliphatic carbocycles. The van der Waals surface area contributed by atoms with Gasteiger partial charge >= 0.3 is 0 Å². The zero-order valence-electron chi connectivity index (χ0n) is 11.9. The number of nitrogens with zero attached hydrogens (tertiary/aromatic N) is 2. The summed E-state index contributed by atoms with van der Waals surface area (Å²) in [6.45, 7) is 7.79. The third kappa shape index (κ3) is 4.07. The zero-order valence-corrected chi connectivity index (χ0v) is 12.7. The molecule has 1 amide bonds. The van der Waals surface area contributed by atoms with Crippen LogP contribution in [0.1, 0.15) is 30.4 Å². The van der Waals surface area contributed by atoms with Gasteiger partial charge in [-0.3, -0.25) is 4.79 Å². The number of ether oxygens (including phenoxy) is 1. The van der Waals surface area contributed by atoms with Gasteiger partial charge in [-0.2, -0.15) is 0 Å². The van der Waals surface area contributed by atoms with Crippen LogP contribution in [0.4, 0.5) is 10.9 Å². The predicted octanol–water partition coefficient (Wildman–Crippen LogP) is 1.65. The number of rotatable bonds is 7. The van der Waals surface area contributed by atoms with Crippen molar-refractivity contribution in [2.45, 2.75) is 26.8 Å². The number of methoxy groups -OCH3 is 1. The van der Waals surface area contributed by atoms with E-state index in [1.54, 1.807) is 12.0 Å². The molecule has 19 heavy (non-hydrogen) atoms. The Morgan fingerprint density at radius 3 is 2.79 bits per heavy atom. The van der Waals surface area contributed by atoms with Crippen LogP contribution in [0.3, 0.4) is 0 Å². The fourth-order valence-corrected chi connectivity index (χ4v) is 2.56. The molecule has 0 radical (unpaired) electrons. The molecule has 0 aromatic carbocycles. The molecule has 1 heterocycles. The molecule has 1 aromatic rings. The van der Waals surface area contributed by atoms with Crippen LogP contribution in [-0.2, 0) is 4.74 Å². The minimum atomic E-state index is -0.0627. The summed E-state index contributed by atoms with van der Waals surface area (Å²) in [5, 5.41) is 3.73. The number of hydrogen-bond donors (Lipinski definition) is 2. The second kappa shape index (κ2) is 7.30. The van der Waals surface area contributed by atoms with Gasteiger partial charge in [0.25, 0.3) is 5.91 Å². The molecule has 0 bridgehead atoms. The van der Waals surface area contributed by atoms with Crippen molar-refractivity contribution in [2.75, 3.05) is 37.9 Å². The topological polar surface area (TPSA) is 80.5 Å². The van der Waals surface area contributed by atoms with Crippen LogP contribution in [0.2, 0.25) is 0 Å². The van der Waals surface area contributed by atoms with E-state index in [2.05, 4.69) is 10.3 Å². The quantitative estimate of drug-likeness (QED) is 0.745. The SMILES string of the molecule is CCN(C(=O)c1sc(NCCOC)nc1N)C(C)C. The summed E-state index contributed by atoms with van der Waals surface area (Å²) in [6.07, 6.45) is 0. The van der Waals surface area contributed by atoms with Crippen molar-refractivity contribution in [2.24, 2.45) is 0 Å². The molecule has 1 rings (SSSR count). The average Bonchev–Trinajstić information content (AvgIpc) is 2.71. The summed E-state index contributed by atoms with van der Waals surface area (Å²) in [5.74, 6) is 0.223. The summed E-state index contributed by atoms with van der Waals surface area (Å²) in [5.41, 5.74) is 5.82. The molecule has 0 fully saturated rings. The van der Waals surface area contributed by atoms with E-state index in [-0.39, 0.29) is 17.8 Å². The lowest BCUT2D eigenvalue weighted by Gasteiger charge is -2.24. The molecule has 0 atom stereocenters. The molecule has 1 aromatic heterocycles. The number of nitrogens with one attached hydrogen (secondary N) is 1. The standard InChI is InChI=1S/C12H22N4O2S/c1-5-16(8(2)3)11(17)9-10(13)15-12(19-9)14-6-7-18-4/h8H,5-7,13H2,1-4H3,(H,14,15). The van der Waals surface area contributed by atoms with E-state index < -0.39 is 0 Å². The summed E-state index contributed by atoms with van der Waals surface area (Å²) in [7, 11) is 1.63. The minimum absolute atomic E-state index is 0.0627. The number of thiazole rings is 1. The monoisotopic (exact) mass is 286 g/mol. The van der Waals surface area contributed by atoms with Crippen molar-refractivity contribution < 1.29 is 9.53 Å². The Morgan fingerprint density at radius 2 is 2.26 bits per heavy atom. The van der Waals surface area contributed by atoms with E-state index in [1.165, 1.54) is 11.3 Å². The van der Waals surface area contributed by atoms with Gasteiger partial charge in [-0.05, 0) is 20.8 Å². The largest absolute Gasteiger partial charge is 0.383 e. The van der Waals surface area contributed by atoms with Gasteiger partial charge in [-0.15, -0.1) is 0 Å². The van der Waals surface area contributed by atoms with Crippen molar-refractivity contribution >= 4 is 28.2 Å². The molecule has 0 aliphatic rings. The summed E-state index contributed by atoms with van der Waals surface area (Å²) in [4.78, 5) is 18.8. The highest BCUT2D eigenvalue weighted by Gasteiger charge is 2.22. The number of amides is 1. The average molecular weight is 286 g/mol. The first-order valence-electron chi connectivity index (χ1n) is 6.31. The molecule has 0 aliphatic heterocycles. The van der Waals surface area contributed by atoms with Gasteiger partial charge in [0, 0.05) is 26.2 Å². The van der Waals surface area contributed by atoms with Gasteiger partial charge in [-0.1, -0.05) is 11.3 Å². The van der Waals surface area contributed by atoms with Crippen molar-refractivity contribution in [1.82, 2.24) is 9.88 Å². The van der Waals surface area contributed by atoms with Crippen molar-refractivity contribution in [3.05, 3.63) is 4.88 Å². The normalized spacial score (nSPS) is 10.8. The molecule has 0 saturated heterocycles. The number of anilines is 2. The van der Waals surface area contributed by atoms with E-state index in [1.807, 2.05) is 20.8 Å². The van der Waals surface area contributed by atoms with Crippen LogP contribution in [0.5, 0.6) is 0 Å². The van der Waals surface area contributed by atoms with Gasteiger partial charge in [-0.25, -0.2) is 4.98 Å². The number of nitrogen functional groups attached to an aromatic ring is 1. The maximum absolute atomic E-state index is 12.3. The second-order valence-corrected chi connectivity index (χ2v) is 5.34. The van der Waals surface area contributed by atoms with Crippen LogP contribution < -0.4 is 11.1 Å². The zero-order chi connectivity index (χ0) is 14.4. The first-order chi connectivity index (χ1) is 9.01. The third-order valence-electron chi connectivity index (χ3n) is 2.65. The van der Waals surface area contributed by atoms with Gasteiger partial charge in [0.05, 0.1) is 6.61 Å². The third-order valence-corrected chi connectivity index (χ3v) is 3.67. The van der Waals surface area contributed by atoms with E-state index in [0.717, 1.165) is 0 Å². The maximum atomic E-state index is 12.3. The van der Waals surface area contributed by atoms with E-state index in [4.69, 9.17) is 10.5 Å². The van der Waals surface area contributed by atoms with Gasteiger partial charge in [0.2, 0.25) is 0 Å². The van der Waals surface area contributed by atoms with Crippen molar-refractivity contribution in [3.8, 4) is 0 Å². The van der Waals surface area contributed by atoms with Gasteiger partial charge < -0.3 is 20.7 Å². The number of aromatic nitrogens is 1. The van der Waals surface area contributed by atoms with Gasteiger partial charge in [0.1, 0.15) is 10.7 Å². The number of nitrogens with two attached hydrogens (primary N) is 1. The molecular weight excluding hydrogens is 264 g/mol. The smallest absolute Gasteiger partial charge is 0.268 e. The Kier molecular flexibility index (Phi) is 6.04. The van der Waals surface area contributed by atoms with E-state index in [0.29, 0.717) is 29.7 Å². The van der Waals surface area contributed by atoms with Crippen molar-refractivity contribution in [1.29, 1.82) is 0 Å². The molecule has 3 N–H and O–H groups in total. The first-order valence-corrected chi connectivity index (χ1v) is 7.13. The Labute approximate surface area is 118 Å². The van der Waals surface area contributed by atoms with Crippen LogP contribution in [0.15, 0.2) is 0 Å². The highest BCUT2D eigenvalue weighted by Crippen LogP contribution is 2.26. The Morgan fingerprint density at radius 1 is 1.58 bits per heavy atom. The van der Waals surface area contributed by atoms with Crippen LogP contribution in [-0.4, -0.2) is 48.6 Å². The van der Waals surface area contributed by atoms with E-state index >= 15 is 0 Å². The highest BCUT2D eigenvalue weighted by molar-refractivity contribution is 7.18. The van der Waals surface area contributed by atoms with Crippen molar-refractivity contribution in [3.63, 3.8) is 0 Å². The van der Waals surface area contributed by atoms with E-state index in [9.17, 15) is 4.79 Å². The molecular formula is C12H22N4O2S. The molecule has 7 heteroatoms. The lowest BCUT2D eigenvalue weighted by atomic mass is 10.3. The summed E-state index contributed by atoms with van der Waals surface area (Å²) < 4.78 is 4.94. The fourth-order valence-electron chi connectivity index (χ4n) is 1.69.